The Bertz CT molecular complexity index is 404. The lowest BCUT2D eigenvalue weighted by atomic mass is 10.5. The highest BCUT2D eigenvalue weighted by atomic mass is 35.5. The quantitative estimate of drug-likeness (QED) is 0.618. The van der Waals surface area contributed by atoms with E-state index in [-0.39, 0.29) is 11.0 Å². The Morgan fingerprint density at radius 2 is 2.00 bits per heavy atom. The number of alkyl halides is 3. The number of hydrogen-bond donors (Lipinski definition) is 1. The number of anilines is 1. The molecule has 0 aliphatic heterocycles. The van der Waals surface area contributed by atoms with E-state index in [2.05, 4.69) is 15.3 Å². The third-order valence-electron chi connectivity index (χ3n) is 1.93. The van der Waals surface area contributed by atoms with Crippen LogP contribution in [0.25, 0.3) is 0 Å². The maximum Gasteiger partial charge on any atom is 0.451 e. The third-order valence-corrected chi connectivity index (χ3v) is 2.13. The molecule has 1 aromatic heterocycles. The van der Waals surface area contributed by atoms with Crippen LogP contribution in [0, 0.1) is 0 Å². The summed E-state index contributed by atoms with van der Waals surface area (Å²) in [5.74, 6) is -1.27. The van der Waals surface area contributed by atoms with E-state index < -0.39 is 12.0 Å². The molecule has 0 atom stereocenters. The zero-order chi connectivity index (χ0) is 14.3. The van der Waals surface area contributed by atoms with E-state index in [1.54, 1.807) is 7.11 Å². The Morgan fingerprint density at radius 1 is 1.26 bits per heavy atom. The topological polar surface area (TPSA) is 56.3 Å². The summed E-state index contributed by atoms with van der Waals surface area (Å²) in [6.07, 6.45) is -4.63. The molecular formula is C10H13ClF3N3O2. The molecule has 108 valence electrons. The average Bonchev–Trinajstić information content (AvgIpc) is 2.32. The molecule has 19 heavy (non-hydrogen) atoms. The standard InChI is InChI=1S/C10H13ClF3N3O2/c1-18-4-5-19-3-2-15-8-6-7(11)16-9(17-8)10(12,13)14/h6H,2-5H2,1H3,(H,15,16,17). The Balaban J connectivity index is 2.48. The van der Waals surface area contributed by atoms with Crippen LogP contribution in [0.3, 0.4) is 0 Å². The van der Waals surface area contributed by atoms with Crippen LogP contribution in [0.4, 0.5) is 19.0 Å². The van der Waals surface area contributed by atoms with E-state index in [1.807, 2.05) is 0 Å². The molecule has 0 fully saturated rings. The molecule has 1 heterocycles. The maximum atomic E-state index is 12.4. The molecule has 0 amide bonds. The third kappa shape index (κ3) is 6.04. The second kappa shape index (κ2) is 7.46. The van der Waals surface area contributed by atoms with Gasteiger partial charge in [-0.15, -0.1) is 0 Å². The van der Waals surface area contributed by atoms with E-state index >= 15 is 0 Å². The first-order valence-electron chi connectivity index (χ1n) is 5.36. The fourth-order valence-corrected chi connectivity index (χ4v) is 1.31. The van der Waals surface area contributed by atoms with Gasteiger partial charge < -0.3 is 14.8 Å². The van der Waals surface area contributed by atoms with Crippen molar-refractivity contribution < 1.29 is 22.6 Å². The summed E-state index contributed by atoms with van der Waals surface area (Å²) in [6, 6.07) is 1.21. The van der Waals surface area contributed by atoms with Gasteiger partial charge in [0.05, 0.1) is 19.8 Å². The van der Waals surface area contributed by atoms with Crippen molar-refractivity contribution in [3.05, 3.63) is 17.0 Å². The molecular weight excluding hydrogens is 287 g/mol. The van der Waals surface area contributed by atoms with Gasteiger partial charge in [-0.25, -0.2) is 9.97 Å². The molecule has 0 aliphatic carbocycles. The van der Waals surface area contributed by atoms with E-state index in [9.17, 15) is 13.2 Å². The first-order chi connectivity index (χ1) is 8.93. The first-order valence-corrected chi connectivity index (χ1v) is 5.73. The second-order valence-corrected chi connectivity index (χ2v) is 3.82. The van der Waals surface area contributed by atoms with Crippen LogP contribution in [0.15, 0.2) is 6.07 Å². The largest absolute Gasteiger partial charge is 0.451 e. The molecule has 5 nitrogen and oxygen atoms in total. The van der Waals surface area contributed by atoms with Gasteiger partial charge in [-0.05, 0) is 0 Å². The van der Waals surface area contributed by atoms with Gasteiger partial charge in [-0.1, -0.05) is 11.6 Å². The Hall–Kier alpha value is -1.12. The maximum absolute atomic E-state index is 12.4. The lowest BCUT2D eigenvalue weighted by molar-refractivity contribution is -0.144. The van der Waals surface area contributed by atoms with Crippen molar-refractivity contribution in [2.75, 3.05) is 38.8 Å². The number of hydrogen-bond acceptors (Lipinski definition) is 5. The van der Waals surface area contributed by atoms with Crippen LogP contribution in [0.5, 0.6) is 0 Å². The Kier molecular flexibility index (Phi) is 6.26. The van der Waals surface area contributed by atoms with E-state index in [0.29, 0.717) is 26.4 Å². The first kappa shape index (κ1) is 15.9. The molecule has 0 aromatic carbocycles. The molecule has 0 bridgehead atoms. The van der Waals surface area contributed by atoms with Crippen molar-refractivity contribution in [2.24, 2.45) is 0 Å². The summed E-state index contributed by atoms with van der Waals surface area (Å²) in [6.45, 7) is 1.48. The van der Waals surface area contributed by atoms with Crippen LogP contribution in [-0.4, -0.2) is 43.4 Å². The van der Waals surface area contributed by atoms with E-state index in [0.717, 1.165) is 0 Å². The van der Waals surface area contributed by atoms with Crippen molar-refractivity contribution in [1.29, 1.82) is 0 Å². The molecule has 0 unspecified atom stereocenters. The van der Waals surface area contributed by atoms with E-state index in [1.165, 1.54) is 6.07 Å². The zero-order valence-electron chi connectivity index (χ0n) is 10.1. The molecule has 0 radical (unpaired) electrons. The van der Waals surface area contributed by atoms with Crippen molar-refractivity contribution in [2.45, 2.75) is 6.18 Å². The molecule has 0 saturated carbocycles. The number of aromatic nitrogens is 2. The minimum absolute atomic E-state index is 0.00247. The summed E-state index contributed by atoms with van der Waals surface area (Å²) in [7, 11) is 1.54. The van der Waals surface area contributed by atoms with Gasteiger partial charge in [-0.2, -0.15) is 13.2 Å². The highest BCUT2D eigenvalue weighted by Crippen LogP contribution is 2.28. The van der Waals surface area contributed by atoms with Crippen LogP contribution in [-0.2, 0) is 15.7 Å². The number of ether oxygens (including phenoxy) is 2. The molecule has 1 N–H and O–H groups in total. The summed E-state index contributed by atoms with van der Waals surface area (Å²) in [5.41, 5.74) is 0. The summed E-state index contributed by atoms with van der Waals surface area (Å²) in [5, 5.41) is 2.40. The predicted octanol–water partition coefficient (Wildman–Crippen LogP) is 2.22. The number of halogens is 4. The highest BCUT2D eigenvalue weighted by molar-refractivity contribution is 6.29. The van der Waals surface area contributed by atoms with Crippen LogP contribution < -0.4 is 5.32 Å². The van der Waals surface area contributed by atoms with Gasteiger partial charge in [-0.3, -0.25) is 0 Å². The van der Waals surface area contributed by atoms with Gasteiger partial charge in [0, 0.05) is 19.7 Å². The van der Waals surface area contributed by atoms with Gasteiger partial charge in [0.2, 0.25) is 5.82 Å². The average molecular weight is 300 g/mol. The minimum atomic E-state index is -4.63. The van der Waals surface area contributed by atoms with Crippen molar-refractivity contribution in [3.8, 4) is 0 Å². The van der Waals surface area contributed by atoms with Gasteiger partial charge in [0.1, 0.15) is 11.0 Å². The zero-order valence-corrected chi connectivity index (χ0v) is 10.9. The van der Waals surface area contributed by atoms with Crippen LogP contribution >= 0.6 is 11.6 Å². The lowest BCUT2D eigenvalue weighted by Crippen LogP contribution is -2.16. The van der Waals surface area contributed by atoms with Crippen LogP contribution in [0.1, 0.15) is 5.82 Å². The fraction of sp³-hybridized carbons (Fsp3) is 0.600. The summed E-state index contributed by atoms with van der Waals surface area (Å²) in [4.78, 5) is 6.44. The molecule has 1 aromatic rings. The van der Waals surface area contributed by atoms with Crippen molar-refractivity contribution >= 4 is 17.4 Å². The summed E-state index contributed by atoms with van der Waals surface area (Å²) < 4.78 is 47.2. The lowest BCUT2D eigenvalue weighted by Gasteiger charge is -2.09. The molecule has 0 aliphatic rings. The molecule has 1 rings (SSSR count). The Morgan fingerprint density at radius 3 is 2.63 bits per heavy atom. The minimum Gasteiger partial charge on any atom is -0.382 e. The highest BCUT2D eigenvalue weighted by Gasteiger charge is 2.35. The summed E-state index contributed by atoms with van der Waals surface area (Å²) >= 11 is 5.50. The smallest absolute Gasteiger partial charge is 0.382 e. The number of nitrogens with one attached hydrogen (secondary N) is 1. The second-order valence-electron chi connectivity index (χ2n) is 3.43. The monoisotopic (exact) mass is 299 g/mol. The Labute approximate surface area is 113 Å². The number of rotatable bonds is 7. The van der Waals surface area contributed by atoms with Crippen LogP contribution in [0.2, 0.25) is 5.15 Å². The SMILES string of the molecule is COCCOCCNc1cc(Cl)nc(C(F)(F)F)n1. The van der Waals surface area contributed by atoms with Crippen molar-refractivity contribution in [1.82, 2.24) is 9.97 Å². The van der Waals surface area contributed by atoms with Gasteiger partial charge >= 0.3 is 6.18 Å². The van der Waals surface area contributed by atoms with Gasteiger partial charge in [0.25, 0.3) is 0 Å². The predicted molar refractivity (Wildman–Crippen MR) is 63.2 cm³/mol. The number of nitrogens with zero attached hydrogens (tertiary/aromatic N) is 2. The van der Waals surface area contributed by atoms with E-state index in [4.69, 9.17) is 21.1 Å². The fourth-order valence-electron chi connectivity index (χ4n) is 1.13. The number of methoxy groups -OCH3 is 1. The molecule has 0 spiro atoms. The molecule has 0 saturated heterocycles. The molecule has 9 heteroatoms. The van der Waals surface area contributed by atoms with Gasteiger partial charge in [0.15, 0.2) is 0 Å². The van der Waals surface area contributed by atoms with Crippen molar-refractivity contribution in [3.63, 3.8) is 0 Å². The normalized spacial score (nSPS) is 11.6.